The zero-order chi connectivity index (χ0) is 25.3. The van der Waals surface area contributed by atoms with Crippen molar-refractivity contribution in [3.05, 3.63) is 118 Å². The third-order valence-electron chi connectivity index (χ3n) is 6.04. The highest BCUT2D eigenvalue weighted by Gasteiger charge is 2.23. The van der Waals surface area contributed by atoms with Crippen molar-refractivity contribution in [1.82, 2.24) is 0 Å². The highest BCUT2D eigenvalue weighted by atomic mass is 79.9. The number of methoxy groups -OCH3 is 2. The van der Waals surface area contributed by atoms with Gasteiger partial charge >= 0.3 is 0 Å². The van der Waals surface area contributed by atoms with Crippen molar-refractivity contribution in [3.63, 3.8) is 0 Å². The molecule has 0 aliphatic rings. The Morgan fingerprint density at radius 1 is 0.806 bits per heavy atom. The second-order valence-corrected chi connectivity index (χ2v) is 9.27. The van der Waals surface area contributed by atoms with Gasteiger partial charge in [0, 0.05) is 11.7 Å². The molecule has 0 unspecified atom stereocenters. The van der Waals surface area contributed by atoms with Crippen LogP contribution in [0.2, 0.25) is 0 Å². The Labute approximate surface area is 221 Å². The van der Waals surface area contributed by atoms with E-state index < -0.39 is 0 Å². The summed E-state index contributed by atoms with van der Waals surface area (Å²) in [5, 5.41) is 3.62. The van der Waals surface area contributed by atoms with Crippen molar-refractivity contribution in [3.8, 4) is 17.2 Å². The highest BCUT2D eigenvalue weighted by molar-refractivity contribution is 9.10. The summed E-state index contributed by atoms with van der Waals surface area (Å²) in [4.78, 5) is 0. The smallest absolute Gasteiger partial charge is 0.176 e. The maximum atomic E-state index is 6.86. The minimum atomic E-state index is -0.221. The van der Waals surface area contributed by atoms with Gasteiger partial charge in [-0.2, -0.15) is 0 Å². The lowest BCUT2D eigenvalue weighted by atomic mass is 9.94. The molecule has 0 bridgehead atoms. The van der Waals surface area contributed by atoms with Gasteiger partial charge in [0.15, 0.2) is 11.5 Å². The molecule has 0 aliphatic heterocycles. The van der Waals surface area contributed by atoms with Crippen LogP contribution in [0.15, 0.2) is 102 Å². The Balaban J connectivity index is 1.57. The average Bonchev–Trinajstić information content (AvgIpc) is 2.93. The predicted molar refractivity (Wildman–Crippen MR) is 149 cm³/mol. The van der Waals surface area contributed by atoms with Crippen molar-refractivity contribution in [2.45, 2.75) is 25.1 Å². The van der Waals surface area contributed by atoms with Crippen LogP contribution in [0.3, 0.4) is 0 Å². The SMILES string of the molecule is COc1ccc(N[C@H](c2ccccc2)[C@@H](N)Cc2ccc(OC)c(OCc3ccccc3)c2Br)cc1. The summed E-state index contributed by atoms with van der Waals surface area (Å²) in [5.74, 6) is 2.16. The van der Waals surface area contributed by atoms with Crippen LogP contribution in [-0.2, 0) is 13.0 Å². The first kappa shape index (κ1) is 25.6. The lowest BCUT2D eigenvalue weighted by Crippen LogP contribution is -2.35. The quantitative estimate of drug-likeness (QED) is 0.217. The molecule has 5 nitrogen and oxygen atoms in total. The van der Waals surface area contributed by atoms with Crippen LogP contribution in [0.4, 0.5) is 5.69 Å². The van der Waals surface area contributed by atoms with Gasteiger partial charge in [-0.15, -0.1) is 0 Å². The Morgan fingerprint density at radius 2 is 1.47 bits per heavy atom. The Hall–Kier alpha value is -3.48. The van der Waals surface area contributed by atoms with Gasteiger partial charge in [-0.05, 0) is 69.4 Å². The molecule has 0 aliphatic carbocycles. The van der Waals surface area contributed by atoms with E-state index in [2.05, 4.69) is 33.4 Å². The van der Waals surface area contributed by atoms with Crippen LogP contribution in [0.25, 0.3) is 0 Å². The zero-order valence-electron chi connectivity index (χ0n) is 20.5. The van der Waals surface area contributed by atoms with Crippen molar-refractivity contribution in [1.29, 1.82) is 0 Å². The molecule has 0 aromatic heterocycles. The average molecular weight is 547 g/mol. The Morgan fingerprint density at radius 3 is 2.11 bits per heavy atom. The molecule has 4 aromatic carbocycles. The number of nitrogens with one attached hydrogen (secondary N) is 1. The molecule has 4 rings (SSSR count). The summed E-state index contributed by atoms with van der Waals surface area (Å²) in [5.41, 5.74) is 11.1. The molecule has 0 amide bonds. The van der Waals surface area contributed by atoms with Crippen molar-refractivity contribution < 1.29 is 14.2 Å². The maximum absolute atomic E-state index is 6.86. The number of rotatable bonds is 11. The second kappa shape index (κ2) is 12.5. The molecule has 6 heteroatoms. The number of anilines is 1. The van der Waals surface area contributed by atoms with E-state index >= 15 is 0 Å². The van der Waals surface area contributed by atoms with Gasteiger partial charge in [-0.3, -0.25) is 0 Å². The number of hydrogen-bond acceptors (Lipinski definition) is 5. The first-order valence-electron chi connectivity index (χ1n) is 11.8. The van der Waals surface area contributed by atoms with E-state index in [-0.39, 0.29) is 12.1 Å². The van der Waals surface area contributed by atoms with Crippen LogP contribution >= 0.6 is 15.9 Å². The fraction of sp³-hybridized carbons (Fsp3) is 0.200. The first-order chi connectivity index (χ1) is 17.6. The van der Waals surface area contributed by atoms with E-state index in [1.807, 2.05) is 84.9 Å². The summed E-state index contributed by atoms with van der Waals surface area (Å²) in [6, 6.07) is 31.8. The summed E-state index contributed by atoms with van der Waals surface area (Å²) >= 11 is 3.77. The molecule has 186 valence electrons. The molecule has 0 spiro atoms. The molecular weight excluding hydrogens is 516 g/mol. The fourth-order valence-corrected chi connectivity index (χ4v) is 4.70. The first-order valence-corrected chi connectivity index (χ1v) is 12.6. The molecule has 3 N–H and O–H groups in total. The molecule has 36 heavy (non-hydrogen) atoms. The van der Waals surface area contributed by atoms with Gasteiger partial charge < -0.3 is 25.3 Å². The molecule has 0 radical (unpaired) electrons. The minimum Gasteiger partial charge on any atom is -0.497 e. The molecule has 4 aromatic rings. The molecule has 2 atom stereocenters. The number of benzene rings is 4. The van der Waals surface area contributed by atoms with Crippen LogP contribution in [0, 0.1) is 0 Å². The summed E-state index contributed by atoms with van der Waals surface area (Å²) in [7, 11) is 3.31. The van der Waals surface area contributed by atoms with E-state index in [0.29, 0.717) is 24.5 Å². The Bertz CT molecular complexity index is 1230. The molecule has 0 heterocycles. The van der Waals surface area contributed by atoms with Crippen LogP contribution in [0.5, 0.6) is 17.2 Å². The van der Waals surface area contributed by atoms with Gasteiger partial charge in [-0.1, -0.05) is 66.7 Å². The largest absolute Gasteiger partial charge is 0.497 e. The summed E-state index contributed by atoms with van der Waals surface area (Å²) < 4.78 is 17.9. The minimum absolute atomic E-state index is 0.109. The standard InChI is InChI=1S/C30H31BrN2O3/c1-34-25-16-14-24(15-17-25)33-29(22-11-7-4-8-12-22)26(32)19-23-13-18-27(35-2)30(28(23)31)36-20-21-9-5-3-6-10-21/h3-18,26,29,33H,19-20,32H2,1-2H3/t26-,29+/m0/s1. The van der Waals surface area contributed by atoms with E-state index in [4.69, 9.17) is 19.9 Å². The fourth-order valence-electron chi connectivity index (χ4n) is 4.10. The van der Waals surface area contributed by atoms with Crippen molar-refractivity contribution in [2.75, 3.05) is 19.5 Å². The molecular formula is C30H31BrN2O3. The topological polar surface area (TPSA) is 65.7 Å². The lowest BCUT2D eigenvalue weighted by molar-refractivity contribution is 0.282. The number of nitrogens with two attached hydrogens (primary N) is 1. The highest BCUT2D eigenvalue weighted by Crippen LogP contribution is 2.39. The zero-order valence-corrected chi connectivity index (χ0v) is 22.1. The van der Waals surface area contributed by atoms with Crippen LogP contribution < -0.4 is 25.3 Å². The van der Waals surface area contributed by atoms with Gasteiger partial charge in [0.25, 0.3) is 0 Å². The van der Waals surface area contributed by atoms with E-state index in [0.717, 1.165) is 32.6 Å². The third kappa shape index (κ3) is 6.39. The molecule has 0 saturated heterocycles. The Kier molecular flexibility index (Phi) is 8.87. The van der Waals surface area contributed by atoms with Crippen LogP contribution in [-0.4, -0.2) is 20.3 Å². The van der Waals surface area contributed by atoms with E-state index in [1.54, 1.807) is 14.2 Å². The molecule has 0 fully saturated rings. The lowest BCUT2D eigenvalue weighted by Gasteiger charge is -2.27. The maximum Gasteiger partial charge on any atom is 0.176 e. The van der Waals surface area contributed by atoms with E-state index in [9.17, 15) is 0 Å². The third-order valence-corrected chi connectivity index (χ3v) is 6.91. The number of ether oxygens (including phenoxy) is 3. The van der Waals surface area contributed by atoms with E-state index in [1.165, 1.54) is 0 Å². The van der Waals surface area contributed by atoms with Gasteiger partial charge in [-0.25, -0.2) is 0 Å². The summed E-state index contributed by atoms with van der Waals surface area (Å²) in [6.45, 7) is 0.441. The van der Waals surface area contributed by atoms with Crippen molar-refractivity contribution >= 4 is 21.6 Å². The normalized spacial score (nSPS) is 12.4. The van der Waals surface area contributed by atoms with Crippen LogP contribution in [0.1, 0.15) is 22.7 Å². The van der Waals surface area contributed by atoms with Gasteiger partial charge in [0.2, 0.25) is 0 Å². The second-order valence-electron chi connectivity index (χ2n) is 8.47. The monoisotopic (exact) mass is 546 g/mol. The number of halogens is 1. The van der Waals surface area contributed by atoms with Gasteiger partial charge in [0.1, 0.15) is 12.4 Å². The summed E-state index contributed by atoms with van der Waals surface area (Å²) in [6.07, 6.45) is 0.620. The van der Waals surface area contributed by atoms with Gasteiger partial charge in [0.05, 0.1) is 24.7 Å². The molecule has 0 saturated carbocycles. The van der Waals surface area contributed by atoms with Crippen molar-refractivity contribution in [2.24, 2.45) is 5.73 Å². The number of hydrogen-bond donors (Lipinski definition) is 2. The predicted octanol–water partition coefficient (Wildman–Crippen LogP) is 6.77.